The summed E-state index contributed by atoms with van der Waals surface area (Å²) in [6, 6.07) is 19.2. The Morgan fingerprint density at radius 1 is 0.933 bits per heavy atom. The Kier molecular flexibility index (Phi) is 6.12. The number of nitrogens with zero attached hydrogens (tertiary/aromatic N) is 3. The highest BCUT2D eigenvalue weighted by molar-refractivity contribution is 5.89. The van der Waals surface area contributed by atoms with Gasteiger partial charge in [-0.05, 0) is 56.0 Å². The van der Waals surface area contributed by atoms with Crippen LogP contribution in [0.3, 0.4) is 0 Å². The van der Waals surface area contributed by atoms with Gasteiger partial charge in [-0.25, -0.2) is 0 Å². The lowest BCUT2D eigenvalue weighted by molar-refractivity contribution is 0.244. The van der Waals surface area contributed by atoms with E-state index < -0.39 is 0 Å². The van der Waals surface area contributed by atoms with Gasteiger partial charge in [0.05, 0.1) is 17.3 Å². The molecule has 0 amide bonds. The molecule has 5 heteroatoms. The highest BCUT2D eigenvalue weighted by Gasteiger charge is 2.21. The summed E-state index contributed by atoms with van der Waals surface area (Å²) in [7, 11) is 6.43. The number of nitrogens with one attached hydrogen (secondary N) is 2. The minimum atomic E-state index is 0.174. The molecule has 1 unspecified atom stereocenters. The molecule has 0 fully saturated rings. The molecule has 4 aromatic rings. The molecule has 0 radical (unpaired) electrons. The summed E-state index contributed by atoms with van der Waals surface area (Å²) in [6.07, 6.45) is 8.37. The number of H-pyrrole nitrogens is 2. The summed E-state index contributed by atoms with van der Waals surface area (Å²) in [4.78, 5) is 7.86. The Morgan fingerprint density at radius 2 is 1.73 bits per heavy atom. The van der Waals surface area contributed by atoms with Gasteiger partial charge in [-0.15, -0.1) is 0 Å². The first-order valence-corrected chi connectivity index (χ1v) is 10.3. The predicted octanol–water partition coefficient (Wildman–Crippen LogP) is 4.64. The standard InChI is InChI=1S/C25H29N5/c1-29(2)16-17-30(3)25(20-14-15-26-18-20)21-9-5-4-8-19(21)12-13-24-22-10-6-7-11-23(22)27-28-24/h4-15,18,25-26H,16-17H2,1-3H3,(H,27,28). The van der Waals surface area contributed by atoms with Crippen LogP contribution in [-0.2, 0) is 0 Å². The van der Waals surface area contributed by atoms with Crippen LogP contribution >= 0.6 is 0 Å². The summed E-state index contributed by atoms with van der Waals surface area (Å²) in [5.74, 6) is 0. The van der Waals surface area contributed by atoms with Gasteiger partial charge < -0.3 is 9.88 Å². The number of aromatic nitrogens is 3. The van der Waals surface area contributed by atoms with Gasteiger partial charge in [0.1, 0.15) is 0 Å². The van der Waals surface area contributed by atoms with E-state index in [0.29, 0.717) is 0 Å². The Morgan fingerprint density at radius 3 is 2.53 bits per heavy atom. The van der Waals surface area contributed by atoms with E-state index in [1.165, 1.54) is 16.7 Å². The maximum atomic E-state index is 4.49. The largest absolute Gasteiger partial charge is 0.367 e. The normalized spacial score (nSPS) is 13.1. The third-order valence-corrected chi connectivity index (χ3v) is 5.49. The molecule has 30 heavy (non-hydrogen) atoms. The van der Waals surface area contributed by atoms with Crippen LogP contribution in [0.5, 0.6) is 0 Å². The van der Waals surface area contributed by atoms with Gasteiger partial charge in [0.15, 0.2) is 0 Å². The van der Waals surface area contributed by atoms with Gasteiger partial charge in [0.25, 0.3) is 0 Å². The maximum Gasteiger partial charge on any atom is 0.0927 e. The van der Waals surface area contributed by atoms with E-state index in [4.69, 9.17) is 0 Å². The highest BCUT2D eigenvalue weighted by atomic mass is 15.2. The van der Waals surface area contributed by atoms with Gasteiger partial charge in [0, 0.05) is 30.9 Å². The lowest BCUT2D eigenvalue weighted by Crippen LogP contribution is -2.32. The molecular weight excluding hydrogens is 370 g/mol. The van der Waals surface area contributed by atoms with Crippen molar-refractivity contribution < 1.29 is 0 Å². The van der Waals surface area contributed by atoms with Crippen molar-refractivity contribution in [2.75, 3.05) is 34.2 Å². The number of hydrogen-bond donors (Lipinski definition) is 2. The van der Waals surface area contributed by atoms with Crippen molar-refractivity contribution >= 4 is 23.1 Å². The van der Waals surface area contributed by atoms with Gasteiger partial charge >= 0.3 is 0 Å². The van der Waals surface area contributed by atoms with Crippen molar-refractivity contribution in [3.05, 3.63) is 89.4 Å². The van der Waals surface area contributed by atoms with Gasteiger partial charge in [-0.2, -0.15) is 5.10 Å². The van der Waals surface area contributed by atoms with E-state index in [9.17, 15) is 0 Å². The summed E-state index contributed by atoms with van der Waals surface area (Å²) in [6.45, 7) is 1.99. The van der Waals surface area contributed by atoms with E-state index in [2.05, 4.69) is 107 Å². The molecular formula is C25H29N5. The average Bonchev–Trinajstić information content (AvgIpc) is 3.42. The second-order valence-electron chi connectivity index (χ2n) is 7.95. The molecule has 2 heterocycles. The number of hydrogen-bond acceptors (Lipinski definition) is 3. The molecule has 0 saturated heterocycles. The van der Waals surface area contributed by atoms with E-state index in [1.807, 2.05) is 18.3 Å². The van der Waals surface area contributed by atoms with Crippen LogP contribution in [0.2, 0.25) is 0 Å². The fourth-order valence-electron chi connectivity index (χ4n) is 3.86. The molecule has 2 aromatic carbocycles. The fourth-order valence-corrected chi connectivity index (χ4v) is 3.86. The third kappa shape index (κ3) is 4.37. The van der Waals surface area contributed by atoms with Crippen LogP contribution in [0, 0.1) is 0 Å². The molecule has 2 aromatic heterocycles. The van der Waals surface area contributed by atoms with Crippen LogP contribution in [0.25, 0.3) is 23.1 Å². The highest BCUT2D eigenvalue weighted by Crippen LogP contribution is 2.31. The van der Waals surface area contributed by atoms with Crippen LogP contribution in [0.15, 0.2) is 67.0 Å². The first-order chi connectivity index (χ1) is 14.6. The molecule has 0 aliphatic heterocycles. The lowest BCUT2D eigenvalue weighted by atomic mass is 9.94. The van der Waals surface area contributed by atoms with E-state index in [-0.39, 0.29) is 6.04 Å². The molecule has 5 nitrogen and oxygen atoms in total. The third-order valence-electron chi connectivity index (χ3n) is 5.49. The number of fused-ring (bicyclic) bond motifs is 1. The zero-order valence-electron chi connectivity index (χ0n) is 17.8. The van der Waals surface area contributed by atoms with Gasteiger partial charge in [-0.3, -0.25) is 10.00 Å². The molecule has 1 atom stereocenters. The van der Waals surface area contributed by atoms with Crippen LogP contribution < -0.4 is 0 Å². The number of para-hydroxylation sites is 1. The van der Waals surface area contributed by atoms with Gasteiger partial charge in [-0.1, -0.05) is 48.5 Å². The van der Waals surface area contributed by atoms with Gasteiger partial charge in [0.2, 0.25) is 0 Å². The van der Waals surface area contributed by atoms with E-state index in [1.54, 1.807) is 0 Å². The number of likely N-dealkylation sites (N-methyl/N-ethyl adjacent to an activating group) is 2. The predicted molar refractivity (Wildman–Crippen MR) is 125 cm³/mol. The zero-order chi connectivity index (χ0) is 20.9. The second kappa shape index (κ2) is 9.11. The summed E-state index contributed by atoms with van der Waals surface area (Å²) >= 11 is 0. The molecule has 0 saturated carbocycles. The smallest absolute Gasteiger partial charge is 0.0927 e. The lowest BCUT2D eigenvalue weighted by Gasteiger charge is -2.30. The molecule has 0 spiro atoms. The molecule has 4 rings (SSSR count). The quantitative estimate of drug-likeness (QED) is 0.454. The van der Waals surface area contributed by atoms with E-state index >= 15 is 0 Å². The molecule has 0 aliphatic rings. The summed E-state index contributed by atoms with van der Waals surface area (Å²) in [5, 5.41) is 8.73. The SMILES string of the molecule is CN(C)CCN(C)C(c1cc[nH]c1)c1ccccc1C=Cc1n[nH]c2ccccc12. The zero-order valence-corrected chi connectivity index (χ0v) is 17.8. The van der Waals surface area contributed by atoms with Crippen molar-refractivity contribution in [2.24, 2.45) is 0 Å². The minimum absolute atomic E-state index is 0.174. The number of benzene rings is 2. The molecule has 0 aliphatic carbocycles. The van der Waals surface area contributed by atoms with Crippen LogP contribution in [-0.4, -0.2) is 59.2 Å². The summed E-state index contributed by atoms with van der Waals surface area (Å²) < 4.78 is 0. The van der Waals surface area contributed by atoms with Crippen molar-refractivity contribution in [3.8, 4) is 0 Å². The van der Waals surface area contributed by atoms with Crippen molar-refractivity contribution in [3.63, 3.8) is 0 Å². The average molecular weight is 400 g/mol. The Labute approximate surface area is 178 Å². The van der Waals surface area contributed by atoms with Crippen molar-refractivity contribution in [1.82, 2.24) is 25.0 Å². The molecule has 2 N–H and O–H groups in total. The monoisotopic (exact) mass is 399 g/mol. The second-order valence-corrected chi connectivity index (χ2v) is 7.95. The summed E-state index contributed by atoms with van der Waals surface area (Å²) in [5.41, 5.74) is 5.77. The first-order valence-electron chi connectivity index (χ1n) is 10.3. The minimum Gasteiger partial charge on any atom is -0.367 e. The molecule has 0 bridgehead atoms. The number of aromatic amines is 2. The topological polar surface area (TPSA) is 50.9 Å². The van der Waals surface area contributed by atoms with Crippen molar-refractivity contribution in [2.45, 2.75) is 6.04 Å². The molecule has 154 valence electrons. The fraction of sp³-hybridized carbons (Fsp3) is 0.240. The van der Waals surface area contributed by atoms with Crippen LogP contribution in [0.1, 0.15) is 28.4 Å². The Hall–Kier alpha value is -3.15. The van der Waals surface area contributed by atoms with Crippen LogP contribution in [0.4, 0.5) is 0 Å². The number of rotatable bonds is 8. The van der Waals surface area contributed by atoms with E-state index in [0.717, 1.165) is 29.7 Å². The maximum absolute atomic E-state index is 4.49. The first kappa shape index (κ1) is 20.1. The van der Waals surface area contributed by atoms with Crippen molar-refractivity contribution in [1.29, 1.82) is 0 Å². The Bertz CT molecular complexity index is 1110. The Balaban J connectivity index is 1.69.